The summed E-state index contributed by atoms with van der Waals surface area (Å²) < 4.78 is 5.03. The summed E-state index contributed by atoms with van der Waals surface area (Å²) in [5.41, 5.74) is 2.18. The molecule has 1 aromatic heterocycles. The average Bonchev–Trinajstić information content (AvgIpc) is 2.54. The lowest BCUT2D eigenvalue weighted by molar-refractivity contribution is 0.398. The van der Waals surface area contributed by atoms with Crippen molar-refractivity contribution in [1.82, 2.24) is 10.3 Å². The van der Waals surface area contributed by atoms with E-state index in [0.717, 1.165) is 18.5 Å². The van der Waals surface area contributed by atoms with Crippen LogP contribution in [0.3, 0.4) is 0 Å². The molecule has 0 spiro atoms. The standard InChI is InChI=1S/C17H21N3OS/c1-13(8-9-14-6-4-3-5-7-14)19-17(22)20-15-10-11-16(21-2)18-12-15/h3-7,10-13H,8-9H2,1-2H3,(H2,19,20,22)/t13-/m0/s1. The third-order valence-corrected chi connectivity index (χ3v) is 3.51. The Kier molecular flexibility index (Phi) is 6.15. The van der Waals surface area contributed by atoms with Crippen LogP contribution in [-0.2, 0) is 6.42 Å². The average molecular weight is 315 g/mol. The van der Waals surface area contributed by atoms with E-state index in [-0.39, 0.29) is 0 Å². The molecule has 2 rings (SSSR count). The largest absolute Gasteiger partial charge is 0.481 e. The molecule has 0 aliphatic carbocycles. The summed E-state index contributed by atoms with van der Waals surface area (Å²) in [6, 6.07) is 14.4. The van der Waals surface area contributed by atoms with Crippen molar-refractivity contribution >= 4 is 23.0 Å². The number of benzene rings is 1. The summed E-state index contributed by atoms with van der Waals surface area (Å²) in [5, 5.41) is 7.02. The van der Waals surface area contributed by atoms with Gasteiger partial charge in [-0.2, -0.15) is 0 Å². The zero-order valence-electron chi connectivity index (χ0n) is 12.9. The van der Waals surface area contributed by atoms with Gasteiger partial charge in [0.1, 0.15) is 0 Å². The molecule has 5 heteroatoms. The summed E-state index contributed by atoms with van der Waals surface area (Å²) in [6.07, 6.45) is 3.75. The maximum Gasteiger partial charge on any atom is 0.213 e. The van der Waals surface area contributed by atoms with Crippen LogP contribution in [0.2, 0.25) is 0 Å². The lowest BCUT2D eigenvalue weighted by atomic mass is 10.1. The zero-order valence-corrected chi connectivity index (χ0v) is 13.7. The minimum Gasteiger partial charge on any atom is -0.481 e. The molecule has 0 saturated carbocycles. The highest BCUT2D eigenvalue weighted by atomic mass is 32.1. The lowest BCUT2D eigenvalue weighted by Crippen LogP contribution is -2.36. The fourth-order valence-electron chi connectivity index (χ4n) is 2.07. The third kappa shape index (κ3) is 5.33. The van der Waals surface area contributed by atoms with Crippen LogP contribution in [0.25, 0.3) is 0 Å². The zero-order chi connectivity index (χ0) is 15.8. The van der Waals surface area contributed by atoms with Gasteiger partial charge in [0.25, 0.3) is 0 Å². The Hall–Kier alpha value is -2.14. The second-order valence-electron chi connectivity index (χ2n) is 5.11. The van der Waals surface area contributed by atoms with E-state index in [9.17, 15) is 0 Å². The van der Waals surface area contributed by atoms with Crippen LogP contribution in [0.1, 0.15) is 18.9 Å². The molecule has 2 aromatic rings. The van der Waals surface area contributed by atoms with Gasteiger partial charge in [0.05, 0.1) is 19.0 Å². The Morgan fingerprint density at radius 3 is 2.64 bits per heavy atom. The molecule has 0 unspecified atom stereocenters. The van der Waals surface area contributed by atoms with Crippen molar-refractivity contribution in [3.05, 3.63) is 54.2 Å². The first-order valence-electron chi connectivity index (χ1n) is 7.29. The first-order valence-corrected chi connectivity index (χ1v) is 7.69. The predicted molar refractivity (Wildman–Crippen MR) is 94.4 cm³/mol. The van der Waals surface area contributed by atoms with Gasteiger partial charge in [0, 0.05) is 12.1 Å². The van der Waals surface area contributed by atoms with Gasteiger partial charge in [0.15, 0.2) is 5.11 Å². The number of nitrogens with zero attached hydrogens (tertiary/aromatic N) is 1. The van der Waals surface area contributed by atoms with Crippen molar-refractivity contribution in [2.24, 2.45) is 0 Å². The number of anilines is 1. The number of ether oxygens (including phenoxy) is 1. The smallest absolute Gasteiger partial charge is 0.213 e. The summed E-state index contributed by atoms with van der Waals surface area (Å²) in [4.78, 5) is 4.13. The Morgan fingerprint density at radius 1 is 1.23 bits per heavy atom. The molecule has 0 aliphatic heterocycles. The summed E-state index contributed by atoms with van der Waals surface area (Å²) in [6.45, 7) is 2.13. The van der Waals surface area contributed by atoms with Gasteiger partial charge in [-0.25, -0.2) is 4.98 Å². The van der Waals surface area contributed by atoms with Gasteiger partial charge < -0.3 is 15.4 Å². The van der Waals surface area contributed by atoms with E-state index in [0.29, 0.717) is 17.0 Å². The molecular weight excluding hydrogens is 294 g/mol. The fraction of sp³-hybridized carbons (Fsp3) is 0.294. The van der Waals surface area contributed by atoms with E-state index < -0.39 is 0 Å². The second kappa shape index (κ2) is 8.34. The maximum atomic E-state index is 5.32. The van der Waals surface area contributed by atoms with Crippen molar-refractivity contribution in [1.29, 1.82) is 0 Å². The summed E-state index contributed by atoms with van der Waals surface area (Å²) >= 11 is 5.32. The lowest BCUT2D eigenvalue weighted by Gasteiger charge is -2.17. The highest BCUT2D eigenvalue weighted by Crippen LogP contribution is 2.11. The molecule has 2 N–H and O–H groups in total. The van der Waals surface area contributed by atoms with Gasteiger partial charge in [0.2, 0.25) is 5.88 Å². The van der Waals surface area contributed by atoms with Crippen LogP contribution in [-0.4, -0.2) is 23.2 Å². The number of hydrogen-bond donors (Lipinski definition) is 2. The monoisotopic (exact) mass is 315 g/mol. The highest BCUT2D eigenvalue weighted by Gasteiger charge is 2.05. The first kappa shape index (κ1) is 16.2. The summed E-state index contributed by atoms with van der Waals surface area (Å²) in [5.74, 6) is 0.584. The van der Waals surface area contributed by atoms with Crippen molar-refractivity contribution in [3.63, 3.8) is 0 Å². The SMILES string of the molecule is COc1ccc(NC(=S)N[C@@H](C)CCc2ccccc2)cn1. The van der Waals surface area contributed by atoms with E-state index in [1.54, 1.807) is 19.4 Å². The minimum absolute atomic E-state index is 0.298. The predicted octanol–water partition coefficient (Wildman–Crippen LogP) is 3.40. The highest BCUT2D eigenvalue weighted by molar-refractivity contribution is 7.80. The molecule has 0 amide bonds. The van der Waals surface area contributed by atoms with Crippen LogP contribution >= 0.6 is 12.2 Å². The minimum atomic E-state index is 0.298. The molecule has 1 aromatic carbocycles. The van der Waals surface area contributed by atoms with Gasteiger partial charge in [-0.1, -0.05) is 30.3 Å². The molecule has 4 nitrogen and oxygen atoms in total. The van der Waals surface area contributed by atoms with Crippen LogP contribution < -0.4 is 15.4 Å². The number of rotatable bonds is 6. The van der Waals surface area contributed by atoms with Crippen LogP contribution in [0, 0.1) is 0 Å². The van der Waals surface area contributed by atoms with E-state index in [2.05, 4.69) is 46.8 Å². The van der Waals surface area contributed by atoms with Crippen molar-refractivity contribution < 1.29 is 4.74 Å². The van der Waals surface area contributed by atoms with Gasteiger partial charge in [-0.05, 0) is 43.6 Å². The number of hydrogen-bond acceptors (Lipinski definition) is 3. The molecular formula is C17H21N3OS. The molecule has 0 radical (unpaired) electrons. The van der Waals surface area contributed by atoms with Gasteiger partial charge >= 0.3 is 0 Å². The third-order valence-electron chi connectivity index (χ3n) is 3.29. The Bertz CT molecular complexity index is 587. The van der Waals surface area contributed by atoms with Crippen molar-refractivity contribution in [2.45, 2.75) is 25.8 Å². The van der Waals surface area contributed by atoms with E-state index in [1.807, 2.05) is 12.1 Å². The fourth-order valence-corrected chi connectivity index (χ4v) is 2.39. The quantitative estimate of drug-likeness (QED) is 0.800. The van der Waals surface area contributed by atoms with Crippen molar-refractivity contribution in [3.8, 4) is 5.88 Å². The topological polar surface area (TPSA) is 46.2 Å². The molecule has 116 valence electrons. The van der Waals surface area contributed by atoms with Crippen LogP contribution in [0.5, 0.6) is 5.88 Å². The number of nitrogens with one attached hydrogen (secondary N) is 2. The van der Waals surface area contributed by atoms with Crippen LogP contribution in [0.4, 0.5) is 5.69 Å². The molecule has 0 saturated heterocycles. The molecule has 1 atom stereocenters. The molecule has 0 fully saturated rings. The maximum absolute atomic E-state index is 5.32. The number of thiocarbonyl (C=S) groups is 1. The normalized spacial score (nSPS) is 11.5. The van der Waals surface area contributed by atoms with Crippen molar-refractivity contribution in [2.75, 3.05) is 12.4 Å². The number of aryl methyl sites for hydroxylation is 1. The van der Waals surface area contributed by atoms with Gasteiger partial charge in [-0.15, -0.1) is 0 Å². The van der Waals surface area contributed by atoms with Crippen LogP contribution in [0.15, 0.2) is 48.7 Å². The number of aromatic nitrogens is 1. The second-order valence-corrected chi connectivity index (χ2v) is 5.52. The van der Waals surface area contributed by atoms with E-state index in [1.165, 1.54) is 5.56 Å². The Balaban J connectivity index is 1.75. The van der Waals surface area contributed by atoms with E-state index >= 15 is 0 Å². The molecule has 0 aliphatic rings. The van der Waals surface area contributed by atoms with E-state index in [4.69, 9.17) is 17.0 Å². The Morgan fingerprint density at radius 2 is 2.00 bits per heavy atom. The first-order chi connectivity index (χ1) is 10.7. The Labute approximate surface area is 136 Å². The van der Waals surface area contributed by atoms with Gasteiger partial charge in [-0.3, -0.25) is 0 Å². The number of pyridine rings is 1. The molecule has 0 bridgehead atoms. The number of methoxy groups -OCH3 is 1. The molecule has 1 heterocycles. The molecule has 22 heavy (non-hydrogen) atoms. The summed E-state index contributed by atoms with van der Waals surface area (Å²) in [7, 11) is 1.59.